The molecule has 1 saturated heterocycles. The number of hydrogen-bond donors (Lipinski definition) is 1. The summed E-state index contributed by atoms with van der Waals surface area (Å²) in [5.74, 6) is 0.787. The summed E-state index contributed by atoms with van der Waals surface area (Å²) in [6.45, 7) is 13.7. The molecular weight excluding hydrogens is 280 g/mol. The third-order valence-electron chi connectivity index (χ3n) is 4.94. The van der Waals surface area contributed by atoms with E-state index in [2.05, 4.69) is 37.6 Å². The number of thiol groups is 1. The van der Waals surface area contributed by atoms with Crippen LogP contribution >= 0.6 is 12.6 Å². The number of ether oxygens (including phenoxy) is 1. The first-order chi connectivity index (χ1) is 9.84. The third kappa shape index (κ3) is 6.09. The van der Waals surface area contributed by atoms with Crippen molar-refractivity contribution < 1.29 is 4.74 Å². The Kier molecular flexibility index (Phi) is 6.42. The van der Waals surface area contributed by atoms with Crippen molar-refractivity contribution in [1.82, 2.24) is 9.80 Å². The minimum atomic E-state index is 0.341. The van der Waals surface area contributed by atoms with Gasteiger partial charge in [0.05, 0.1) is 12.7 Å². The predicted octanol–water partition coefficient (Wildman–Crippen LogP) is 2.76. The minimum Gasteiger partial charge on any atom is -0.377 e. The Morgan fingerprint density at radius 3 is 2.48 bits per heavy atom. The van der Waals surface area contributed by atoms with Crippen LogP contribution in [0.15, 0.2) is 0 Å². The molecule has 2 fully saturated rings. The second kappa shape index (κ2) is 7.67. The van der Waals surface area contributed by atoms with Crippen molar-refractivity contribution in [2.45, 2.75) is 51.4 Å². The summed E-state index contributed by atoms with van der Waals surface area (Å²) in [6, 6.07) is 0. The second-order valence-electron chi connectivity index (χ2n) is 8.13. The Hall–Kier alpha value is 0.230. The summed E-state index contributed by atoms with van der Waals surface area (Å²) in [6.07, 6.45) is 4.19. The SMILES string of the molecule is C[C@@H]1C[C@@H](OC[C@H](S)CN2CCN(C)CC2)CC(C)(C)C1. The van der Waals surface area contributed by atoms with Crippen LogP contribution in [-0.2, 0) is 4.74 Å². The molecule has 2 aliphatic rings. The largest absolute Gasteiger partial charge is 0.377 e. The zero-order valence-corrected chi connectivity index (χ0v) is 15.2. The Labute approximate surface area is 136 Å². The fraction of sp³-hybridized carbons (Fsp3) is 1.00. The molecule has 0 unspecified atom stereocenters. The molecule has 1 aliphatic heterocycles. The van der Waals surface area contributed by atoms with Crippen LogP contribution in [0.2, 0.25) is 0 Å². The summed E-state index contributed by atoms with van der Waals surface area (Å²) in [5, 5.41) is 0.341. The van der Waals surface area contributed by atoms with Gasteiger partial charge in [-0.1, -0.05) is 20.8 Å². The van der Waals surface area contributed by atoms with Crippen LogP contribution in [0.3, 0.4) is 0 Å². The van der Waals surface area contributed by atoms with Gasteiger partial charge in [-0.3, -0.25) is 4.90 Å². The molecule has 21 heavy (non-hydrogen) atoms. The lowest BCUT2D eigenvalue weighted by molar-refractivity contribution is -0.0242. The van der Waals surface area contributed by atoms with Crippen LogP contribution < -0.4 is 0 Å². The zero-order valence-electron chi connectivity index (χ0n) is 14.3. The van der Waals surface area contributed by atoms with E-state index < -0.39 is 0 Å². The maximum Gasteiger partial charge on any atom is 0.0598 e. The van der Waals surface area contributed by atoms with Gasteiger partial charge in [0.1, 0.15) is 0 Å². The topological polar surface area (TPSA) is 15.7 Å². The number of hydrogen-bond acceptors (Lipinski definition) is 4. The molecule has 124 valence electrons. The van der Waals surface area contributed by atoms with Gasteiger partial charge in [-0.15, -0.1) is 0 Å². The molecule has 0 aromatic heterocycles. The smallest absolute Gasteiger partial charge is 0.0598 e. The molecule has 4 heteroatoms. The van der Waals surface area contributed by atoms with Crippen molar-refractivity contribution in [3.63, 3.8) is 0 Å². The number of nitrogens with zero attached hydrogens (tertiary/aromatic N) is 2. The molecule has 3 atom stereocenters. The second-order valence-corrected chi connectivity index (χ2v) is 8.86. The van der Waals surface area contributed by atoms with E-state index in [4.69, 9.17) is 17.4 Å². The average molecular weight is 315 g/mol. The van der Waals surface area contributed by atoms with E-state index in [0.29, 0.717) is 16.8 Å². The lowest BCUT2D eigenvalue weighted by atomic mass is 9.71. The Bertz CT molecular complexity index is 316. The molecular formula is C17H34N2OS. The Morgan fingerprint density at radius 1 is 1.19 bits per heavy atom. The number of piperazine rings is 1. The summed E-state index contributed by atoms with van der Waals surface area (Å²) >= 11 is 4.75. The van der Waals surface area contributed by atoms with Crippen LogP contribution in [0.25, 0.3) is 0 Å². The quantitative estimate of drug-likeness (QED) is 0.786. The van der Waals surface area contributed by atoms with E-state index >= 15 is 0 Å². The molecule has 1 aliphatic carbocycles. The summed E-state index contributed by atoms with van der Waals surface area (Å²) in [7, 11) is 2.20. The highest BCUT2D eigenvalue weighted by Crippen LogP contribution is 2.39. The fourth-order valence-electron chi connectivity index (χ4n) is 4.01. The van der Waals surface area contributed by atoms with E-state index in [-0.39, 0.29) is 0 Å². The first kappa shape index (κ1) is 17.6. The van der Waals surface area contributed by atoms with E-state index in [1.807, 2.05) is 0 Å². The van der Waals surface area contributed by atoms with Gasteiger partial charge in [-0.05, 0) is 37.6 Å². The van der Waals surface area contributed by atoms with Gasteiger partial charge in [-0.25, -0.2) is 0 Å². The molecule has 0 aromatic rings. The molecule has 1 heterocycles. The Morgan fingerprint density at radius 2 is 1.86 bits per heavy atom. The van der Waals surface area contributed by atoms with Gasteiger partial charge >= 0.3 is 0 Å². The van der Waals surface area contributed by atoms with Crippen LogP contribution in [0.5, 0.6) is 0 Å². The zero-order chi connectivity index (χ0) is 15.5. The van der Waals surface area contributed by atoms with Crippen LogP contribution in [0.1, 0.15) is 40.0 Å². The molecule has 2 rings (SSSR count). The first-order valence-electron chi connectivity index (χ1n) is 8.54. The maximum absolute atomic E-state index is 6.20. The monoisotopic (exact) mass is 314 g/mol. The standard InChI is InChI=1S/C17H34N2OS/c1-14-9-15(11-17(2,3)10-14)20-13-16(21)12-19-7-5-18(4)6-8-19/h14-16,21H,5-13H2,1-4H3/t14-,15-,16-/m1/s1. The van der Waals surface area contributed by atoms with Crippen molar-refractivity contribution in [3.8, 4) is 0 Å². The van der Waals surface area contributed by atoms with Gasteiger partial charge in [0.2, 0.25) is 0 Å². The van der Waals surface area contributed by atoms with Gasteiger partial charge in [0.15, 0.2) is 0 Å². The van der Waals surface area contributed by atoms with E-state index in [1.165, 1.54) is 45.4 Å². The number of rotatable bonds is 5. The fourth-order valence-corrected chi connectivity index (χ4v) is 4.33. The Balaban J connectivity index is 1.67. The van der Waals surface area contributed by atoms with Gasteiger partial charge in [-0.2, -0.15) is 12.6 Å². The summed E-state index contributed by atoms with van der Waals surface area (Å²) in [4.78, 5) is 4.92. The van der Waals surface area contributed by atoms with Gasteiger partial charge < -0.3 is 9.64 Å². The lowest BCUT2D eigenvalue weighted by Gasteiger charge is -2.39. The third-order valence-corrected chi connectivity index (χ3v) is 5.25. The van der Waals surface area contributed by atoms with E-state index in [1.54, 1.807) is 0 Å². The molecule has 0 bridgehead atoms. The van der Waals surface area contributed by atoms with Crippen LogP contribution in [0, 0.1) is 11.3 Å². The number of likely N-dealkylation sites (N-methyl/N-ethyl adjacent to an activating group) is 1. The van der Waals surface area contributed by atoms with Crippen LogP contribution in [-0.4, -0.2) is 67.5 Å². The molecule has 0 radical (unpaired) electrons. The first-order valence-corrected chi connectivity index (χ1v) is 9.06. The van der Waals surface area contributed by atoms with Gasteiger partial charge in [0, 0.05) is 38.0 Å². The molecule has 0 N–H and O–H groups in total. The summed E-state index contributed by atoms with van der Waals surface area (Å²) in [5.41, 5.74) is 0.436. The van der Waals surface area contributed by atoms with Crippen molar-refractivity contribution >= 4 is 12.6 Å². The lowest BCUT2D eigenvalue weighted by Crippen LogP contribution is -2.47. The molecule has 1 saturated carbocycles. The van der Waals surface area contributed by atoms with Crippen molar-refractivity contribution in [2.24, 2.45) is 11.3 Å². The minimum absolute atomic E-state index is 0.341. The van der Waals surface area contributed by atoms with E-state index in [0.717, 1.165) is 19.1 Å². The van der Waals surface area contributed by atoms with Gasteiger partial charge in [0.25, 0.3) is 0 Å². The molecule has 0 spiro atoms. The average Bonchev–Trinajstić information content (AvgIpc) is 2.37. The van der Waals surface area contributed by atoms with Crippen molar-refractivity contribution in [1.29, 1.82) is 0 Å². The normalized spacial score (nSPS) is 33.0. The van der Waals surface area contributed by atoms with Crippen molar-refractivity contribution in [3.05, 3.63) is 0 Å². The van der Waals surface area contributed by atoms with E-state index in [9.17, 15) is 0 Å². The highest BCUT2D eigenvalue weighted by Gasteiger charge is 2.32. The molecule has 3 nitrogen and oxygen atoms in total. The molecule has 0 aromatic carbocycles. The predicted molar refractivity (Wildman–Crippen MR) is 93.2 cm³/mol. The summed E-state index contributed by atoms with van der Waals surface area (Å²) < 4.78 is 6.20. The van der Waals surface area contributed by atoms with Crippen LogP contribution in [0.4, 0.5) is 0 Å². The highest BCUT2D eigenvalue weighted by atomic mass is 32.1. The molecule has 0 amide bonds. The van der Waals surface area contributed by atoms with Crippen molar-refractivity contribution in [2.75, 3.05) is 46.4 Å². The maximum atomic E-state index is 6.20. The highest BCUT2D eigenvalue weighted by molar-refractivity contribution is 7.81.